The number of rotatable bonds is 54. The summed E-state index contributed by atoms with van der Waals surface area (Å²) in [5.74, 6) is -0.198. The molecular weight excluding hydrogens is 983 g/mol. The van der Waals surface area contributed by atoms with Crippen LogP contribution >= 0.6 is 0 Å². The standard InChI is InChI=1S/C70H119NO8/c1-3-5-7-9-11-13-15-17-19-21-23-25-27-28-29-30-31-32-33-34-35-36-38-40-42-44-46-48-50-52-54-56-58-60-66(74)71-63(62-78-70-69(77)68(76)67(75)65(61-72)79-70)64(73)59-57-55-53-51-49-47-45-43-41-39-37-26-24-22-20-18-16-14-12-10-8-6-4-2/h5,7,11,13,17,19,23,25,28-29,31-32,34-35,41,43,49,51,57,59,63-65,67-70,72-73,75-77H,3-4,6,8-10,12,14-16,18,20-22,24,26-27,30,33,36-40,42,44-48,50,52-56,58,60-62H2,1-2H3,(H,71,74)/b7-5-,13-11-,19-17-,25-23-,29-28-,32-31-,35-34-,43-41+,51-49+,59-57+. The third kappa shape index (κ3) is 46.9. The van der Waals surface area contributed by atoms with Gasteiger partial charge in [-0.2, -0.15) is 0 Å². The van der Waals surface area contributed by atoms with Crippen molar-refractivity contribution >= 4 is 5.91 Å². The number of nitrogens with one attached hydrogen (secondary N) is 1. The first kappa shape index (κ1) is 73.6. The maximum atomic E-state index is 13.1. The SMILES string of the molecule is CC/C=C\C/C=C\C/C=C\C/C=C\C/C=C\C/C=C\C/C=C\CCCCCCCCCCCCCC(=O)NC(COC1OC(CO)C(O)C(O)C1O)C(O)/C=C/CC/C=C/CC/C=C/CCCCCCCCCCCCCCC. The monoisotopic (exact) mass is 1100 g/mol. The minimum atomic E-state index is -1.58. The van der Waals surface area contributed by atoms with Crippen LogP contribution in [0.3, 0.4) is 0 Å². The molecule has 79 heavy (non-hydrogen) atoms. The second-order valence-electron chi connectivity index (χ2n) is 21.8. The van der Waals surface area contributed by atoms with Gasteiger partial charge in [0.25, 0.3) is 0 Å². The predicted molar refractivity (Wildman–Crippen MR) is 336 cm³/mol. The summed E-state index contributed by atoms with van der Waals surface area (Å²) in [5.41, 5.74) is 0. The van der Waals surface area contributed by atoms with Crippen LogP contribution in [-0.4, -0.2) is 87.5 Å². The maximum Gasteiger partial charge on any atom is 0.220 e. The first-order valence-corrected chi connectivity index (χ1v) is 32.3. The highest BCUT2D eigenvalue weighted by molar-refractivity contribution is 5.76. The molecule has 0 radical (unpaired) electrons. The van der Waals surface area contributed by atoms with Crippen molar-refractivity contribution in [2.75, 3.05) is 13.2 Å². The van der Waals surface area contributed by atoms with E-state index in [1.165, 1.54) is 128 Å². The lowest BCUT2D eigenvalue weighted by Gasteiger charge is -2.40. The van der Waals surface area contributed by atoms with Gasteiger partial charge in [-0.15, -0.1) is 0 Å². The van der Waals surface area contributed by atoms with Gasteiger partial charge in [-0.25, -0.2) is 0 Å². The molecule has 9 heteroatoms. The predicted octanol–water partition coefficient (Wildman–Crippen LogP) is 17.1. The van der Waals surface area contributed by atoms with Crippen molar-refractivity contribution < 1.29 is 39.8 Å². The summed E-state index contributed by atoms with van der Waals surface area (Å²) in [4.78, 5) is 13.1. The summed E-state index contributed by atoms with van der Waals surface area (Å²) in [7, 11) is 0. The fourth-order valence-electron chi connectivity index (χ4n) is 9.46. The minimum absolute atomic E-state index is 0.198. The number of amides is 1. The molecule has 452 valence electrons. The molecule has 6 N–H and O–H groups in total. The van der Waals surface area contributed by atoms with Gasteiger partial charge in [0.05, 0.1) is 25.4 Å². The summed E-state index contributed by atoms with van der Waals surface area (Å²) in [6, 6.07) is -0.839. The summed E-state index contributed by atoms with van der Waals surface area (Å²) in [5, 5.41) is 54.6. The highest BCUT2D eigenvalue weighted by Gasteiger charge is 2.44. The fourth-order valence-corrected chi connectivity index (χ4v) is 9.46. The van der Waals surface area contributed by atoms with E-state index in [9.17, 15) is 30.3 Å². The van der Waals surface area contributed by atoms with Crippen LogP contribution in [-0.2, 0) is 14.3 Å². The van der Waals surface area contributed by atoms with Crippen molar-refractivity contribution in [3.8, 4) is 0 Å². The minimum Gasteiger partial charge on any atom is -0.394 e. The Morgan fingerprint density at radius 1 is 0.443 bits per heavy atom. The Bertz CT molecular complexity index is 1660. The molecule has 0 saturated carbocycles. The van der Waals surface area contributed by atoms with E-state index in [-0.39, 0.29) is 12.5 Å². The molecule has 0 aromatic carbocycles. The Hall–Kier alpha value is -3.41. The Morgan fingerprint density at radius 2 is 0.797 bits per heavy atom. The largest absolute Gasteiger partial charge is 0.394 e. The topological polar surface area (TPSA) is 149 Å². The van der Waals surface area contributed by atoms with Crippen molar-refractivity contribution in [2.24, 2.45) is 0 Å². The van der Waals surface area contributed by atoms with Crippen LogP contribution in [0.5, 0.6) is 0 Å². The van der Waals surface area contributed by atoms with E-state index >= 15 is 0 Å². The van der Waals surface area contributed by atoms with E-state index in [0.717, 1.165) is 109 Å². The van der Waals surface area contributed by atoms with E-state index in [4.69, 9.17) is 9.47 Å². The van der Waals surface area contributed by atoms with Gasteiger partial charge in [0.1, 0.15) is 24.4 Å². The van der Waals surface area contributed by atoms with Gasteiger partial charge < -0.3 is 40.3 Å². The van der Waals surface area contributed by atoms with Crippen molar-refractivity contribution in [3.05, 3.63) is 122 Å². The molecule has 1 amide bonds. The van der Waals surface area contributed by atoms with Crippen molar-refractivity contribution in [1.29, 1.82) is 0 Å². The van der Waals surface area contributed by atoms with Crippen LogP contribution in [0.2, 0.25) is 0 Å². The normalized spacial score (nSPS) is 19.4. The molecule has 1 saturated heterocycles. The van der Waals surface area contributed by atoms with E-state index in [1.54, 1.807) is 6.08 Å². The number of carbonyl (C=O) groups is 1. The second-order valence-corrected chi connectivity index (χ2v) is 21.8. The molecule has 0 aliphatic carbocycles. The summed E-state index contributed by atoms with van der Waals surface area (Å²) in [6.45, 7) is 3.65. The number of carbonyl (C=O) groups excluding carboxylic acids is 1. The molecule has 0 bridgehead atoms. The zero-order chi connectivity index (χ0) is 57.2. The first-order chi connectivity index (χ1) is 38.8. The van der Waals surface area contributed by atoms with Gasteiger partial charge in [-0.3, -0.25) is 4.79 Å². The van der Waals surface area contributed by atoms with Gasteiger partial charge in [0, 0.05) is 6.42 Å². The Labute approximate surface area is 484 Å². The number of ether oxygens (including phenoxy) is 2. The molecule has 0 aromatic rings. The lowest BCUT2D eigenvalue weighted by Crippen LogP contribution is -2.60. The highest BCUT2D eigenvalue weighted by Crippen LogP contribution is 2.23. The van der Waals surface area contributed by atoms with Gasteiger partial charge >= 0.3 is 0 Å². The van der Waals surface area contributed by atoms with E-state index < -0.39 is 49.5 Å². The van der Waals surface area contributed by atoms with Crippen LogP contribution in [0.15, 0.2) is 122 Å². The van der Waals surface area contributed by atoms with E-state index in [0.29, 0.717) is 6.42 Å². The summed E-state index contributed by atoms with van der Waals surface area (Å²) in [6.07, 6.45) is 79.9. The van der Waals surface area contributed by atoms with Gasteiger partial charge in [0.2, 0.25) is 5.91 Å². The first-order valence-electron chi connectivity index (χ1n) is 32.3. The van der Waals surface area contributed by atoms with E-state index in [2.05, 4.69) is 129 Å². The van der Waals surface area contributed by atoms with Crippen LogP contribution in [0.25, 0.3) is 0 Å². The van der Waals surface area contributed by atoms with Crippen LogP contribution in [0, 0.1) is 0 Å². The molecule has 0 spiro atoms. The number of hydrogen-bond acceptors (Lipinski definition) is 8. The van der Waals surface area contributed by atoms with Crippen LogP contribution in [0.4, 0.5) is 0 Å². The third-order valence-electron chi connectivity index (χ3n) is 14.5. The average molecular weight is 1100 g/mol. The molecule has 7 atom stereocenters. The molecule has 7 unspecified atom stereocenters. The third-order valence-corrected chi connectivity index (χ3v) is 14.5. The maximum absolute atomic E-state index is 13.1. The quantitative estimate of drug-likeness (QED) is 0.0261. The molecule has 1 fully saturated rings. The Kier molecular flexibility index (Phi) is 53.9. The van der Waals surface area contributed by atoms with Gasteiger partial charge in [-0.05, 0) is 103 Å². The lowest BCUT2D eigenvalue weighted by molar-refractivity contribution is -0.302. The number of allylic oxidation sites excluding steroid dienone is 19. The van der Waals surface area contributed by atoms with Crippen molar-refractivity contribution in [2.45, 2.75) is 301 Å². The summed E-state index contributed by atoms with van der Waals surface area (Å²) < 4.78 is 11.3. The number of aliphatic hydroxyl groups is 5. The van der Waals surface area contributed by atoms with Crippen LogP contribution in [0.1, 0.15) is 258 Å². The molecule has 1 rings (SSSR count). The van der Waals surface area contributed by atoms with Crippen molar-refractivity contribution in [3.63, 3.8) is 0 Å². The number of hydrogen-bond donors (Lipinski definition) is 6. The zero-order valence-electron chi connectivity index (χ0n) is 50.3. The van der Waals surface area contributed by atoms with Crippen LogP contribution < -0.4 is 5.32 Å². The Balaban J connectivity index is 2.22. The molecule has 0 aromatic heterocycles. The lowest BCUT2D eigenvalue weighted by atomic mass is 9.99. The average Bonchev–Trinajstić information content (AvgIpc) is 3.47. The van der Waals surface area contributed by atoms with E-state index in [1.807, 2.05) is 6.08 Å². The van der Waals surface area contributed by atoms with Gasteiger partial charge in [0.15, 0.2) is 6.29 Å². The Morgan fingerprint density at radius 3 is 1.22 bits per heavy atom. The van der Waals surface area contributed by atoms with Crippen molar-refractivity contribution in [1.82, 2.24) is 5.32 Å². The number of aliphatic hydroxyl groups excluding tert-OH is 5. The highest BCUT2D eigenvalue weighted by atomic mass is 16.7. The van der Waals surface area contributed by atoms with Gasteiger partial charge in [-0.1, -0.05) is 270 Å². The summed E-state index contributed by atoms with van der Waals surface area (Å²) >= 11 is 0. The zero-order valence-corrected chi connectivity index (χ0v) is 50.3. The fraction of sp³-hybridized carbons (Fsp3) is 0.700. The molecular formula is C70H119NO8. The molecule has 1 aliphatic rings. The molecule has 1 aliphatic heterocycles. The number of unbranched alkanes of at least 4 members (excludes halogenated alkanes) is 26. The molecule has 1 heterocycles. The smallest absolute Gasteiger partial charge is 0.220 e. The molecule has 9 nitrogen and oxygen atoms in total. The second kappa shape index (κ2) is 57.8.